The quantitative estimate of drug-likeness (QED) is 0.451. The van der Waals surface area contributed by atoms with Crippen molar-refractivity contribution in [3.8, 4) is 0 Å². The third-order valence-corrected chi connectivity index (χ3v) is 6.25. The maximum Gasteiger partial charge on any atom is 0.291 e. The number of nitrogens with one attached hydrogen (secondary N) is 2. The molecule has 1 heterocycles. The molecule has 0 saturated heterocycles. The fraction of sp³-hybridized carbons (Fsp3) is 0.240. The van der Waals surface area contributed by atoms with Crippen LogP contribution in [0.25, 0.3) is 0 Å². The van der Waals surface area contributed by atoms with E-state index in [0.29, 0.717) is 16.5 Å². The Kier molecular flexibility index (Phi) is 6.55. The number of halogens is 1. The van der Waals surface area contributed by atoms with Crippen molar-refractivity contribution >= 4 is 39.1 Å². The molecule has 0 spiro atoms. The Morgan fingerprint density at radius 2 is 1.81 bits per heavy atom. The van der Waals surface area contributed by atoms with Crippen molar-refractivity contribution in [1.29, 1.82) is 0 Å². The van der Waals surface area contributed by atoms with Gasteiger partial charge in [0.15, 0.2) is 5.76 Å². The predicted molar refractivity (Wildman–Crippen MR) is 128 cm³/mol. The molecule has 0 radical (unpaired) electrons. The normalized spacial score (nSPS) is 14.2. The summed E-state index contributed by atoms with van der Waals surface area (Å²) < 4.78 is 6.64. The lowest BCUT2D eigenvalue weighted by Gasteiger charge is -2.13. The molecule has 164 valence electrons. The molecule has 2 N–H and O–H groups in total. The summed E-state index contributed by atoms with van der Waals surface area (Å²) in [5.41, 5.74) is 7.34. The number of nitrogens with zero attached hydrogens (tertiary/aromatic N) is 1. The Bertz CT molecular complexity index is 1200. The molecule has 0 fully saturated rings. The first-order valence-corrected chi connectivity index (χ1v) is 11.4. The maximum atomic E-state index is 12.9. The molecule has 2 amide bonds. The number of hydrogen-bond acceptors (Lipinski definition) is 4. The van der Waals surface area contributed by atoms with Gasteiger partial charge in [0.1, 0.15) is 5.76 Å². The van der Waals surface area contributed by atoms with E-state index in [4.69, 9.17) is 4.42 Å². The number of carbonyl (C=O) groups excluding carboxylic acids is 2. The Balaban J connectivity index is 1.55. The summed E-state index contributed by atoms with van der Waals surface area (Å²) in [6.45, 7) is 3.94. The summed E-state index contributed by atoms with van der Waals surface area (Å²) in [4.78, 5) is 25.4. The molecule has 0 saturated carbocycles. The summed E-state index contributed by atoms with van der Waals surface area (Å²) >= 11 is 3.39. The van der Waals surface area contributed by atoms with Crippen molar-refractivity contribution in [3.63, 3.8) is 0 Å². The predicted octanol–water partition coefficient (Wildman–Crippen LogP) is 5.64. The first-order valence-electron chi connectivity index (χ1n) is 10.6. The third-order valence-electron chi connectivity index (χ3n) is 5.56. The Morgan fingerprint density at radius 1 is 1.06 bits per heavy atom. The number of amides is 2. The largest absolute Gasteiger partial charge is 0.455 e. The first kappa shape index (κ1) is 22.0. The standard InChI is InChI=1S/C25H24BrN3O3/c1-3-16-11-13-17(14-12-16)27-25(31)23-15(2)22-20(9-6-10-21(22)32-23)28-29-24(30)18-7-4-5-8-19(18)26/h4-5,7-8,11-14H,3,6,9-10H2,1-2H3,(H,27,31)(H,29,30)/b28-20+. The summed E-state index contributed by atoms with van der Waals surface area (Å²) in [7, 11) is 0. The van der Waals surface area contributed by atoms with E-state index in [1.165, 1.54) is 5.56 Å². The van der Waals surface area contributed by atoms with Crippen LogP contribution in [0, 0.1) is 6.92 Å². The van der Waals surface area contributed by atoms with Crippen molar-refractivity contribution < 1.29 is 14.0 Å². The van der Waals surface area contributed by atoms with Gasteiger partial charge in [-0.2, -0.15) is 5.10 Å². The smallest absolute Gasteiger partial charge is 0.291 e. The average molecular weight is 494 g/mol. The van der Waals surface area contributed by atoms with Crippen molar-refractivity contribution in [2.75, 3.05) is 5.32 Å². The average Bonchev–Trinajstić information content (AvgIpc) is 3.15. The highest BCUT2D eigenvalue weighted by Crippen LogP contribution is 2.30. The van der Waals surface area contributed by atoms with Gasteiger partial charge in [-0.25, -0.2) is 5.43 Å². The van der Waals surface area contributed by atoms with E-state index >= 15 is 0 Å². The molecule has 3 aromatic rings. The summed E-state index contributed by atoms with van der Waals surface area (Å²) in [6, 6.07) is 14.9. The zero-order valence-corrected chi connectivity index (χ0v) is 19.6. The molecule has 0 aliphatic heterocycles. The van der Waals surface area contributed by atoms with E-state index in [0.717, 1.165) is 47.5 Å². The Morgan fingerprint density at radius 3 is 2.53 bits per heavy atom. The molecule has 32 heavy (non-hydrogen) atoms. The van der Waals surface area contributed by atoms with E-state index in [2.05, 4.69) is 38.7 Å². The second-order valence-corrected chi connectivity index (χ2v) is 8.55. The minimum Gasteiger partial charge on any atom is -0.455 e. The molecule has 2 aromatic carbocycles. The van der Waals surface area contributed by atoms with Crippen LogP contribution < -0.4 is 10.7 Å². The zero-order chi connectivity index (χ0) is 22.7. The van der Waals surface area contributed by atoms with Crippen LogP contribution in [0.3, 0.4) is 0 Å². The van der Waals surface area contributed by atoms with Crippen molar-refractivity contribution in [3.05, 3.63) is 86.8 Å². The molecule has 4 rings (SSSR count). The second-order valence-electron chi connectivity index (χ2n) is 7.69. The maximum absolute atomic E-state index is 12.9. The van der Waals surface area contributed by atoms with E-state index in [9.17, 15) is 9.59 Å². The fourth-order valence-electron chi connectivity index (χ4n) is 3.83. The van der Waals surface area contributed by atoms with Crippen molar-refractivity contribution in [1.82, 2.24) is 5.43 Å². The zero-order valence-electron chi connectivity index (χ0n) is 18.0. The lowest BCUT2D eigenvalue weighted by molar-refractivity contribution is 0.0952. The van der Waals surface area contributed by atoms with Crippen molar-refractivity contribution in [2.45, 2.75) is 39.5 Å². The van der Waals surface area contributed by atoms with Gasteiger partial charge in [0.25, 0.3) is 11.8 Å². The van der Waals surface area contributed by atoms with Crippen LogP contribution in [0.1, 0.15) is 63.1 Å². The van der Waals surface area contributed by atoms with Crippen LogP contribution in [-0.2, 0) is 12.8 Å². The van der Waals surface area contributed by atoms with E-state index < -0.39 is 0 Å². The van der Waals surface area contributed by atoms with Crippen LogP contribution in [0.2, 0.25) is 0 Å². The Hall–Kier alpha value is -3.19. The molecular formula is C25H24BrN3O3. The number of anilines is 1. The van der Waals surface area contributed by atoms with Gasteiger partial charge in [0.2, 0.25) is 0 Å². The van der Waals surface area contributed by atoms with Crippen LogP contribution >= 0.6 is 15.9 Å². The lowest BCUT2D eigenvalue weighted by Crippen LogP contribution is -2.22. The summed E-state index contributed by atoms with van der Waals surface area (Å²) in [6.07, 6.45) is 3.20. The molecule has 0 atom stereocenters. The molecule has 7 heteroatoms. The van der Waals surface area contributed by atoms with Crippen LogP contribution in [0.4, 0.5) is 5.69 Å². The topological polar surface area (TPSA) is 83.7 Å². The van der Waals surface area contributed by atoms with Gasteiger partial charge < -0.3 is 9.73 Å². The first-order chi connectivity index (χ1) is 15.5. The molecular weight excluding hydrogens is 470 g/mol. The lowest BCUT2D eigenvalue weighted by atomic mass is 9.93. The van der Waals surface area contributed by atoms with Gasteiger partial charge in [0, 0.05) is 27.7 Å². The number of aryl methyl sites for hydroxylation is 2. The Labute approximate surface area is 195 Å². The van der Waals surface area contributed by atoms with E-state index in [1.54, 1.807) is 12.1 Å². The van der Waals surface area contributed by atoms with E-state index in [-0.39, 0.29) is 17.6 Å². The number of benzene rings is 2. The second kappa shape index (κ2) is 9.53. The highest BCUT2D eigenvalue weighted by Gasteiger charge is 2.28. The van der Waals surface area contributed by atoms with Gasteiger partial charge in [-0.15, -0.1) is 0 Å². The molecule has 1 aromatic heterocycles. The van der Waals surface area contributed by atoms with Gasteiger partial charge in [-0.3, -0.25) is 9.59 Å². The highest BCUT2D eigenvalue weighted by molar-refractivity contribution is 9.10. The minimum atomic E-state index is -0.299. The van der Waals surface area contributed by atoms with Gasteiger partial charge in [-0.05, 0) is 71.9 Å². The van der Waals surface area contributed by atoms with Gasteiger partial charge in [0.05, 0.1) is 11.3 Å². The number of carbonyl (C=O) groups is 2. The number of hydrazone groups is 1. The van der Waals surface area contributed by atoms with E-state index in [1.807, 2.05) is 43.3 Å². The SMILES string of the molecule is CCc1ccc(NC(=O)c2oc3c(c2C)/C(=N/NC(=O)c2ccccc2Br)CCC3)cc1. The molecule has 0 bridgehead atoms. The molecule has 1 aliphatic rings. The monoisotopic (exact) mass is 493 g/mol. The van der Waals surface area contributed by atoms with Gasteiger partial charge >= 0.3 is 0 Å². The fourth-order valence-corrected chi connectivity index (χ4v) is 4.30. The summed E-state index contributed by atoms with van der Waals surface area (Å²) in [5, 5.41) is 7.29. The number of furan rings is 1. The highest BCUT2D eigenvalue weighted by atomic mass is 79.9. The van der Waals surface area contributed by atoms with Crippen LogP contribution in [0.15, 0.2) is 62.5 Å². The third kappa shape index (κ3) is 4.53. The molecule has 6 nitrogen and oxygen atoms in total. The number of hydrogen-bond donors (Lipinski definition) is 2. The summed E-state index contributed by atoms with van der Waals surface area (Å²) in [5.74, 6) is 0.417. The van der Waals surface area contributed by atoms with Crippen LogP contribution in [-0.4, -0.2) is 17.5 Å². The number of rotatable bonds is 5. The molecule has 0 unspecified atom stereocenters. The molecule has 1 aliphatic carbocycles. The van der Waals surface area contributed by atoms with Gasteiger partial charge in [-0.1, -0.05) is 31.2 Å². The van der Waals surface area contributed by atoms with Crippen LogP contribution in [0.5, 0.6) is 0 Å². The number of fused-ring (bicyclic) bond motifs is 1. The minimum absolute atomic E-state index is 0.279. The van der Waals surface area contributed by atoms with Crippen molar-refractivity contribution in [2.24, 2.45) is 5.10 Å².